The van der Waals surface area contributed by atoms with E-state index in [-0.39, 0.29) is 24.5 Å². The first-order valence-corrected chi connectivity index (χ1v) is 13.5. The van der Waals surface area contributed by atoms with Crippen LogP contribution in [0.15, 0.2) is 43.0 Å². The van der Waals surface area contributed by atoms with Gasteiger partial charge in [0.2, 0.25) is 0 Å². The molecule has 0 atom stereocenters. The number of esters is 1. The minimum atomic E-state index is -0.459. The van der Waals surface area contributed by atoms with E-state index in [2.05, 4.69) is 6.58 Å². The molecule has 1 aliphatic heterocycles. The van der Waals surface area contributed by atoms with E-state index in [4.69, 9.17) is 9.47 Å². The SMILES string of the molecule is C=CC(=O)OCCCOc1ccc2c3c(cccc13)C(=O)N(C1CCCCCCCCCCC1)C2=O. The van der Waals surface area contributed by atoms with Crippen molar-refractivity contribution in [1.29, 1.82) is 0 Å². The molecule has 0 N–H and O–H groups in total. The zero-order chi connectivity index (χ0) is 25.3. The first-order valence-electron chi connectivity index (χ1n) is 13.5. The first-order chi connectivity index (χ1) is 17.6. The van der Waals surface area contributed by atoms with Crippen LogP contribution in [0.3, 0.4) is 0 Å². The molecule has 2 amide bonds. The fourth-order valence-electron chi connectivity index (χ4n) is 5.42. The van der Waals surface area contributed by atoms with Crippen LogP contribution in [0.2, 0.25) is 0 Å². The second-order valence-corrected chi connectivity index (χ2v) is 9.81. The summed E-state index contributed by atoms with van der Waals surface area (Å²) in [7, 11) is 0. The van der Waals surface area contributed by atoms with Crippen molar-refractivity contribution in [3.05, 3.63) is 54.1 Å². The van der Waals surface area contributed by atoms with Gasteiger partial charge in [-0.25, -0.2) is 4.79 Å². The van der Waals surface area contributed by atoms with E-state index in [0.717, 1.165) is 50.0 Å². The zero-order valence-electron chi connectivity index (χ0n) is 21.1. The Hall–Kier alpha value is -3.15. The quantitative estimate of drug-likeness (QED) is 0.189. The number of hydrogen-bond donors (Lipinski definition) is 0. The lowest BCUT2D eigenvalue weighted by Crippen LogP contribution is -2.47. The van der Waals surface area contributed by atoms with Gasteiger partial charge in [-0.05, 0) is 31.0 Å². The van der Waals surface area contributed by atoms with Gasteiger partial charge in [0.15, 0.2) is 0 Å². The monoisotopic (exact) mass is 491 g/mol. The Morgan fingerprint density at radius 2 is 1.47 bits per heavy atom. The summed E-state index contributed by atoms with van der Waals surface area (Å²) in [6.45, 7) is 3.96. The third kappa shape index (κ3) is 5.97. The summed E-state index contributed by atoms with van der Waals surface area (Å²) in [5, 5.41) is 1.43. The highest BCUT2D eigenvalue weighted by Gasteiger charge is 2.37. The predicted molar refractivity (Wildman–Crippen MR) is 140 cm³/mol. The van der Waals surface area contributed by atoms with Crippen LogP contribution in [0.5, 0.6) is 5.75 Å². The van der Waals surface area contributed by atoms with Gasteiger partial charge in [-0.2, -0.15) is 0 Å². The minimum absolute atomic E-state index is 0.0537. The summed E-state index contributed by atoms with van der Waals surface area (Å²) < 4.78 is 10.9. The Kier molecular flexibility index (Phi) is 9.15. The summed E-state index contributed by atoms with van der Waals surface area (Å²) >= 11 is 0. The van der Waals surface area contributed by atoms with Crippen molar-refractivity contribution >= 4 is 28.6 Å². The molecule has 1 saturated carbocycles. The molecule has 6 heteroatoms. The van der Waals surface area contributed by atoms with Crippen LogP contribution in [0.4, 0.5) is 0 Å². The van der Waals surface area contributed by atoms with Gasteiger partial charge in [0.05, 0.1) is 13.2 Å². The fraction of sp³-hybridized carbons (Fsp3) is 0.500. The fourth-order valence-corrected chi connectivity index (χ4v) is 5.42. The maximum Gasteiger partial charge on any atom is 0.330 e. The molecule has 0 spiro atoms. The molecule has 1 aliphatic carbocycles. The molecule has 2 aromatic carbocycles. The number of amides is 2. The Morgan fingerprint density at radius 3 is 2.11 bits per heavy atom. The lowest BCUT2D eigenvalue weighted by molar-refractivity contribution is -0.137. The van der Waals surface area contributed by atoms with E-state index >= 15 is 0 Å². The number of imide groups is 1. The van der Waals surface area contributed by atoms with Crippen LogP contribution < -0.4 is 4.74 Å². The van der Waals surface area contributed by atoms with Crippen LogP contribution in [0.1, 0.15) is 97.8 Å². The molecule has 0 unspecified atom stereocenters. The van der Waals surface area contributed by atoms with Crippen molar-refractivity contribution in [3.63, 3.8) is 0 Å². The Labute approximate surface area is 213 Å². The van der Waals surface area contributed by atoms with Crippen LogP contribution >= 0.6 is 0 Å². The number of carbonyl (C=O) groups is 3. The summed E-state index contributed by atoms with van der Waals surface area (Å²) in [5.74, 6) is -0.224. The van der Waals surface area contributed by atoms with Gasteiger partial charge in [0.25, 0.3) is 11.8 Å². The molecule has 0 aromatic heterocycles. The van der Waals surface area contributed by atoms with E-state index in [1.54, 1.807) is 11.0 Å². The second kappa shape index (κ2) is 12.7. The van der Waals surface area contributed by atoms with E-state index in [0.29, 0.717) is 35.3 Å². The van der Waals surface area contributed by atoms with Gasteiger partial charge in [-0.3, -0.25) is 14.5 Å². The average molecular weight is 492 g/mol. The molecule has 1 fully saturated rings. The Balaban J connectivity index is 1.53. The van der Waals surface area contributed by atoms with Crippen molar-refractivity contribution in [2.75, 3.05) is 13.2 Å². The third-order valence-corrected chi connectivity index (χ3v) is 7.30. The lowest BCUT2D eigenvalue weighted by Gasteiger charge is -2.34. The van der Waals surface area contributed by atoms with E-state index in [1.807, 2.05) is 24.3 Å². The van der Waals surface area contributed by atoms with Crippen molar-refractivity contribution in [1.82, 2.24) is 4.90 Å². The van der Waals surface area contributed by atoms with Crippen molar-refractivity contribution in [2.24, 2.45) is 0 Å². The van der Waals surface area contributed by atoms with Gasteiger partial charge >= 0.3 is 5.97 Å². The van der Waals surface area contributed by atoms with Gasteiger partial charge in [0, 0.05) is 40.4 Å². The van der Waals surface area contributed by atoms with Gasteiger partial charge in [0.1, 0.15) is 5.75 Å². The van der Waals surface area contributed by atoms with Crippen LogP contribution in [-0.4, -0.2) is 41.9 Å². The lowest BCUT2D eigenvalue weighted by atomic mass is 9.90. The predicted octanol–water partition coefficient (Wildman–Crippen LogP) is 6.61. The number of nitrogens with zero attached hydrogens (tertiary/aromatic N) is 1. The van der Waals surface area contributed by atoms with Crippen molar-refractivity contribution < 1.29 is 23.9 Å². The maximum atomic E-state index is 13.7. The Bertz CT molecular complexity index is 1070. The van der Waals surface area contributed by atoms with Gasteiger partial charge in [-0.15, -0.1) is 0 Å². The third-order valence-electron chi connectivity index (χ3n) is 7.30. The highest BCUT2D eigenvalue weighted by Crippen LogP contribution is 2.37. The number of carbonyl (C=O) groups excluding carboxylic acids is 3. The Morgan fingerprint density at radius 1 is 0.861 bits per heavy atom. The summed E-state index contributed by atoms with van der Waals surface area (Å²) in [6.07, 6.45) is 14.2. The molecule has 1 heterocycles. The highest BCUT2D eigenvalue weighted by atomic mass is 16.5. The van der Waals surface area contributed by atoms with Crippen LogP contribution in [-0.2, 0) is 9.53 Å². The minimum Gasteiger partial charge on any atom is -0.493 e. The standard InChI is InChI=1S/C30H37NO5/c1-2-27(32)36-21-13-20-35-26-19-18-25-28-23(26)16-12-17-24(28)29(33)31(30(25)34)22-14-10-8-6-4-3-5-7-9-11-15-22/h2,12,16-19,22H,1,3-11,13-15,20-21H2. The number of benzene rings is 2. The molecule has 4 rings (SSSR count). The second-order valence-electron chi connectivity index (χ2n) is 9.81. The molecule has 6 nitrogen and oxygen atoms in total. The molecule has 36 heavy (non-hydrogen) atoms. The molecular weight excluding hydrogens is 454 g/mol. The summed E-state index contributed by atoms with van der Waals surface area (Å²) in [6, 6.07) is 9.11. The average Bonchev–Trinajstić information content (AvgIpc) is 2.88. The molecule has 2 aromatic rings. The van der Waals surface area contributed by atoms with Crippen LogP contribution in [0.25, 0.3) is 10.8 Å². The molecule has 0 saturated heterocycles. The van der Waals surface area contributed by atoms with Gasteiger partial charge in [-0.1, -0.05) is 76.5 Å². The van der Waals surface area contributed by atoms with Crippen molar-refractivity contribution in [2.45, 2.75) is 83.1 Å². The number of ether oxygens (including phenoxy) is 2. The number of rotatable bonds is 7. The van der Waals surface area contributed by atoms with E-state index in [9.17, 15) is 14.4 Å². The highest BCUT2D eigenvalue weighted by molar-refractivity contribution is 6.26. The normalized spacial score (nSPS) is 17.8. The topological polar surface area (TPSA) is 72.9 Å². The summed E-state index contributed by atoms with van der Waals surface area (Å²) in [5.41, 5.74) is 1.14. The molecule has 192 valence electrons. The molecule has 2 aliphatic rings. The molecule has 0 radical (unpaired) electrons. The zero-order valence-corrected chi connectivity index (χ0v) is 21.1. The van der Waals surface area contributed by atoms with E-state index < -0.39 is 5.97 Å². The van der Waals surface area contributed by atoms with Crippen molar-refractivity contribution in [3.8, 4) is 5.75 Å². The molecular formula is C30H37NO5. The van der Waals surface area contributed by atoms with Crippen LogP contribution in [0, 0.1) is 0 Å². The van der Waals surface area contributed by atoms with E-state index in [1.165, 1.54) is 32.1 Å². The molecule has 0 bridgehead atoms. The first kappa shape index (κ1) is 25.9. The van der Waals surface area contributed by atoms with Gasteiger partial charge < -0.3 is 9.47 Å². The largest absolute Gasteiger partial charge is 0.493 e. The maximum absolute atomic E-state index is 13.7. The summed E-state index contributed by atoms with van der Waals surface area (Å²) in [4.78, 5) is 40.1. The smallest absolute Gasteiger partial charge is 0.330 e. The number of hydrogen-bond acceptors (Lipinski definition) is 5.